The van der Waals surface area contributed by atoms with Crippen LogP contribution < -0.4 is 5.32 Å². The number of hydrogen-bond acceptors (Lipinski definition) is 3. The number of aryl methyl sites for hydroxylation is 1. The third-order valence-electron chi connectivity index (χ3n) is 3.45. The van der Waals surface area contributed by atoms with Crippen LogP contribution in [-0.4, -0.2) is 29.8 Å². The summed E-state index contributed by atoms with van der Waals surface area (Å²) in [6.45, 7) is 2.71. The molecular weight excluding hydrogens is 228 g/mol. The lowest BCUT2D eigenvalue weighted by Crippen LogP contribution is -2.51. The Bertz CT molecular complexity index is 471. The second kappa shape index (κ2) is 5.31. The zero-order valence-corrected chi connectivity index (χ0v) is 10.8. The molecule has 1 fully saturated rings. The number of likely N-dealkylation sites (tertiary alicyclic amines) is 1. The molecule has 1 aromatic carbocycles. The van der Waals surface area contributed by atoms with Crippen molar-refractivity contribution in [1.29, 1.82) is 0 Å². The van der Waals surface area contributed by atoms with E-state index in [1.54, 1.807) is 7.05 Å². The number of benzene rings is 1. The fourth-order valence-corrected chi connectivity index (χ4v) is 2.15. The number of carbonyl (C=O) groups excluding carboxylic acids is 2. The molecule has 0 saturated carbocycles. The molecule has 1 saturated heterocycles. The van der Waals surface area contributed by atoms with E-state index in [0.29, 0.717) is 19.4 Å². The smallest absolute Gasteiger partial charge is 0.246 e. The Morgan fingerprint density at radius 3 is 2.78 bits per heavy atom. The first-order chi connectivity index (χ1) is 8.59. The van der Waals surface area contributed by atoms with Gasteiger partial charge in [0.15, 0.2) is 0 Å². The molecule has 18 heavy (non-hydrogen) atoms. The number of amides is 2. The van der Waals surface area contributed by atoms with Gasteiger partial charge in [-0.05, 0) is 24.5 Å². The number of nitrogens with zero attached hydrogens (tertiary/aromatic N) is 1. The van der Waals surface area contributed by atoms with E-state index in [4.69, 9.17) is 0 Å². The predicted octanol–water partition coefficient (Wildman–Crippen LogP) is 1.23. The first-order valence-corrected chi connectivity index (χ1v) is 6.18. The zero-order valence-electron chi connectivity index (χ0n) is 10.8. The van der Waals surface area contributed by atoms with Gasteiger partial charge in [0.1, 0.15) is 0 Å². The summed E-state index contributed by atoms with van der Waals surface area (Å²) in [5.41, 5.74) is 2.39. The molecule has 1 atom stereocenters. The average molecular weight is 246 g/mol. The van der Waals surface area contributed by atoms with Crippen LogP contribution in [0.5, 0.6) is 0 Å². The van der Waals surface area contributed by atoms with Gasteiger partial charge in [-0.15, -0.1) is 0 Å². The number of rotatable bonds is 3. The lowest BCUT2D eigenvalue weighted by Gasteiger charge is -2.28. The van der Waals surface area contributed by atoms with Gasteiger partial charge in [0, 0.05) is 20.0 Å². The van der Waals surface area contributed by atoms with Crippen molar-refractivity contribution < 1.29 is 9.59 Å². The minimum Gasteiger partial charge on any atom is -0.302 e. The first kappa shape index (κ1) is 12.8. The van der Waals surface area contributed by atoms with Crippen LogP contribution in [0.25, 0.3) is 0 Å². The number of nitrogens with one attached hydrogen (secondary N) is 1. The van der Waals surface area contributed by atoms with Gasteiger partial charge in [0.25, 0.3) is 0 Å². The third kappa shape index (κ3) is 2.59. The summed E-state index contributed by atoms with van der Waals surface area (Å²) in [5.74, 6) is -0.214. The van der Waals surface area contributed by atoms with E-state index in [1.807, 2.05) is 18.2 Å². The van der Waals surface area contributed by atoms with Gasteiger partial charge in [-0.2, -0.15) is 0 Å². The predicted molar refractivity (Wildman–Crippen MR) is 68.8 cm³/mol. The normalized spacial score (nSPS) is 20.3. The summed E-state index contributed by atoms with van der Waals surface area (Å²) in [6, 6.07) is 7.84. The monoisotopic (exact) mass is 246 g/mol. The average Bonchev–Trinajstić information content (AvgIpc) is 2.37. The molecule has 4 heteroatoms. The number of hydrogen-bond donors (Lipinski definition) is 1. The molecule has 96 valence electrons. The second-order valence-electron chi connectivity index (χ2n) is 4.69. The van der Waals surface area contributed by atoms with Crippen LogP contribution in [0.1, 0.15) is 24.0 Å². The minimum atomic E-state index is -0.243. The van der Waals surface area contributed by atoms with E-state index < -0.39 is 0 Å². The van der Waals surface area contributed by atoms with Gasteiger partial charge in [0.2, 0.25) is 11.8 Å². The molecule has 0 aromatic heterocycles. The molecule has 1 N–H and O–H groups in total. The fraction of sp³-hybridized carbons (Fsp3) is 0.429. The molecule has 2 rings (SSSR count). The molecule has 0 aliphatic carbocycles. The van der Waals surface area contributed by atoms with Crippen LogP contribution in [0.3, 0.4) is 0 Å². The Hall–Kier alpha value is -1.68. The van der Waals surface area contributed by atoms with E-state index in [-0.39, 0.29) is 17.9 Å². The summed E-state index contributed by atoms with van der Waals surface area (Å²) in [4.78, 5) is 24.5. The van der Waals surface area contributed by atoms with E-state index >= 15 is 0 Å². The molecular formula is C14H18N2O2. The lowest BCUT2D eigenvalue weighted by molar-refractivity contribution is -0.148. The molecule has 1 heterocycles. The highest BCUT2D eigenvalue weighted by molar-refractivity contribution is 6.00. The van der Waals surface area contributed by atoms with Crippen LogP contribution in [0.15, 0.2) is 24.3 Å². The van der Waals surface area contributed by atoms with Crippen LogP contribution in [0.4, 0.5) is 0 Å². The number of carbonyl (C=O) groups is 2. The highest BCUT2D eigenvalue weighted by Gasteiger charge is 2.31. The van der Waals surface area contributed by atoms with Crippen molar-refractivity contribution in [1.82, 2.24) is 10.2 Å². The highest BCUT2D eigenvalue weighted by atomic mass is 16.2. The Labute approximate surface area is 107 Å². The number of imide groups is 1. The van der Waals surface area contributed by atoms with E-state index in [2.05, 4.69) is 18.3 Å². The molecule has 0 spiro atoms. The SMILES string of the molecule is Cc1ccccc1CNC1CCC(=O)N(C)C1=O. The summed E-state index contributed by atoms with van der Waals surface area (Å²) >= 11 is 0. The van der Waals surface area contributed by atoms with Gasteiger partial charge in [-0.1, -0.05) is 24.3 Å². The van der Waals surface area contributed by atoms with Crippen LogP contribution in [-0.2, 0) is 16.1 Å². The molecule has 1 aliphatic rings. The summed E-state index contributed by atoms with van der Waals surface area (Å²) in [5, 5.41) is 3.24. The van der Waals surface area contributed by atoms with E-state index in [9.17, 15) is 9.59 Å². The number of likely N-dealkylation sites (N-methyl/N-ethyl adjacent to an activating group) is 1. The van der Waals surface area contributed by atoms with Crippen molar-refractivity contribution in [2.24, 2.45) is 0 Å². The van der Waals surface area contributed by atoms with Crippen LogP contribution >= 0.6 is 0 Å². The third-order valence-corrected chi connectivity index (χ3v) is 3.45. The Kier molecular flexibility index (Phi) is 3.77. The number of piperidine rings is 1. The van der Waals surface area contributed by atoms with Crippen molar-refractivity contribution in [2.45, 2.75) is 32.4 Å². The fourth-order valence-electron chi connectivity index (χ4n) is 2.15. The van der Waals surface area contributed by atoms with E-state index in [0.717, 1.165) is 0 Å². The maximum atomic E-state index is 11.9. The minimum absolute atomic E-state index is 0.0889. The molecule has 1 aliphatic heterocycles. The Morgan fingerprint density at radius 2 is 2.06 bits per heavy atom. The topological polar surface area (TPSA) is 49.4 Å². The summed E-state index contributed by atoms with van der Waals surface area (Å²) < 4.78 is 0. The Morgan fingerprint density at radius 1 is 1.33 bits per heavy atom. The van der Waals surface area contributed by atoms with Crippen molar-refractivity contribution in [3.8, 4) is 0 Å². The molecule has 4 nitrogen and oxygen atoms in total. The van der Waals surface area contributed by atoms with Crippen molar-refractivity contribution in [3.05, 3.63) is 35.4 Å². The molecule has 1 unspecified atom stereocenters. The summed E-state index contributed by atoms with van der Waals surface area (Å²) in [6.07, 6.45) is 1.03. The second-order valence-corrected chi connectivity index (χ2v) is 4.69. The van der Waals surface area contributed by atoms with Gasteiger partial charge in [-0.25, -0.2) is 0 Å². The highest BCUT2D eigenvalue weighted by Crippen LogP contribution is 2.13. The largest absolute Gasteiger partial charge is 0.302 e. The lowest BCUT2D eigenvalue weighted by atomic mass is 10.0. The maximum absolute atomic E-state index is 11.9. The van der Waals surface area contributed by atoms with Crippen LogP contribution in [0.2, 0.25) is 0 Å². The molecule has 1 aromatic rings. The van der Waals surface area contributed by atoms with Crippen molar-refractivity contribution in [3.63, 3.8) is 0 Å². The zero-order chi connectivity index (χ0) is 13.1. The van der Waals surface area contributed by atoms with Gasteiger partial charge >= 0.3 is 0 Å². The quantitative estimate of drug-likeness (QED) is 0.816. The van der Waals surface area contributed by atoms with Gasteiger partial charge in [0.05, 0.1) is 6.04 Å². The Balaban J connectivity index is 1.97. The first-order valence-electron chi connectivity index (χ1n) is 6.18. The van der Waals surface area contributed by atoms with Gasteiger partial charge < -0.3 is 5.32 Å². The maximum Gasteiger partial charge on any atom is 0.246 e. The van der Waals surface area contributed by atoms with Crippen LogP contribution in [0, 0.1) is 6.92 Å². The molecule has 0 bridgehead atoms. The van der Waals surface area contributed by atoms with Crippen molar-refractivity contribution >= 4 is 11.8 Å². The van der Waals surface area contributed by atoms with Crippen molar-refractivity contribution in [2.75, 3.05) is 7.05 Å². The molecule has 2 amide bonds. The summed E-state index contributed by atoms with van der Waals surface area (Å²) in [7, 11) is 1.55. The van der Waals surface area contributed by atoms with Gasteiger partial charge in [-0.3, -0.25) is 14.5 Å². The molecule has 0 radical (unpaired) electrons. The standard InChI is InChI=1S/C14H18N2O2/c1-10-5-3-4-6-11(10)9-15-12-7-8-13(17)16(2)14(12)18/h3-6,12,15H,7-9H2,1-2H3. The van der Waals surface area contributed by atoms with E-state index in [1.165, 1.54) is 16.0 Å².